The highest BCUT2D eigenvalue weighted by atomic mass is 16.5. The van der Waals surface area contributed by atoms with Crippen LogP contribution in [0.5, 0.6) is 0 Å². The maximum absolute atomic E-state index is 13.0. The Balaban J connectivity index is 1.78. The van der Waals surface area contributed by atoms with E-state index in [1.807, 2.05) is 24.3 Å². The molecule has 2 heterocycles. The molecule has 1 aliphatic heterocycles. The van der Waals surface area contributed by atoms with Crippen LogP contribution in [-0.2, 0) is 11.4 Å². The van der Waals surface area contributed by atoms with Gasteiger partial charge in [0, 0.05) is 24.0 Å². The van der Waals surface area contributed by atoms with Crippen molar-refractivity contribution in [2.75, 3.05) is 19.7 Å². The van der Waals surface area contributed by atoms with E-state index in [1.165, 1.54) is 5.56 Å². The second-order valence-corrected chi connectivity index (χ2v) is 7.18. The molecule has 0 N–H and O–H groups in total. The van der Waals surface area contributed by atoms with Crippen molar-refractivity contribution in [3.8, 4) is 11.3 Å². The molecule has 5 nitrogen and oxygen atoms in total. The van der Waals surface area contributed by atoms with Gasteiger partial charge in [-0.15, -0.1) is 0 Å². The molecule has 0 bridgehead atoms. The van der Waals surface area contributed by atoms with E-state index >= 15 is 0 Å². The van der Waals surface area contributed by atoms with Crippen molar-refractivity contribution < 1.29 is 4.74 Å². The molecule has 0 spiro atoms. The predicted octanol–water partition coefficient (Wildman–Crippen LogP) is 3.44. The molecule has 1 saturated heterocycles. The van der Waals surface area contributed by atoms with Gasteiger partial charge in [0.05, 0.1) is 30.5 Å². The molecule has 3 aromatic rings. The Bertz CT molecular complexity index is 995. The van der Waals surface area contributed by atoms with E-state index in [4.69, 9.17) is 9.84 Å². The summed E-state index contributed by atoms with van der Waals surface area (Å²) < 4.78 is 7.36. The van der Waals surface area contributed by atoms with Gasteiger partial charge in [-0.1, -0.05) is 55.0 Å². The number of benzene rings is 2. The summed E-state index contributed by atoms with van der Waals surface area (Å²) in [7, 11) is 0. The minimum absolute atomic E-state index is 0.0407. The highest BCUT2D eigenvalue weighted by Crippen LogP contribution is 2.25. The summed E-state index contributed by atoms with van der Waals surface area (Å²) in [4.78, 5) is 15.3. The van der Waals surface area contributed by atoms with E-state index in [1.54, 1.807) is 4.68 Å². The number of morpholine rings is 1. The molecule has 0 radical (unpaired) electrons. The van der Waals surface area contributed by atoms with Gasteiger partial charge in [0.15, 0.2) is 0 Å². The Morgan fingerprint density at radius 1 is 1.11 bits per heavy atom. The zero-order valence-electron chi connectivity index (χ0n) is 15.9. The van der Waals surface area contributed by atoms with Gasteiger partial charge in [0.2, 0.25) is 0 Å². The minimum Gasteiger partial charge on any atom is -0.376 e. The van der Waals surface area contributed by atoms with Crippen molar-refractivity contribution in [2.45, 2.75) is 33.0 Å². The number of aromatic nitrogens is 2. The van der Waals surface area contributed by atoms with Crippen LogP contribution >= 0.6 is 0 Å². The molecule has 2 aromatic carbocycles. The lowest BCUT2D eigenvalue weighted by molar-refractivity contribution is -0.0414. The Labute approximate surface area is 159 Å². The van der Waals surface area contributed by atoms with Gasteiger partial charge in [-0.05, 0) is 19.4 Å². The van der Waals surface area contributed by atoms with E-state index < -0.39 is 0 Å². The molecule has 140 valence electrons. The Morgan fingerprint density at radius 2 is 1.85 bits per heavy atom. The summed E-state index contributed by atoms with van der Waals surface area (Å²) in [6, 6.07) is 16.0. The highest BCUT2D eigenvalue weighted by Gasteiger charge is 2.20. The summed E-state index contributed by atoms with van der Waals surface area (Å²) in [5.74, 6) is 0. The molecular formula is C22H25N3O2. The first kappa shape index (κ1) is 17.9. The summed E-state index contributed by atoms with van der Waals surface area (Å²) >= 11 is 0. The van der Waals surface area contributed by atoms with Crippen LogP contribution in [0.1, 0.15) is 18.9 Å². The highest BCUT2D eigenvalue weighted by molar-refractivity contribution is 5.93. The molecule has 1 aliphatic rings. The number of hydrogen-bond donors (Lipinski definition) is 0. The molecule has 0 amide bonds. The number of hydrogen-bond acceptors (Lipinski definition) is 4. The van der Waals surface area contributed by atoms with Gasteiger partial charge in [-0.2, -0.15) is 5.10 Å². The van der Waals surface area contributed by atoms with Gasteiger partial charge in [-0.3, -0.25) is 9.69 Å². The lowest BCUT2D eigenvalue weighted by Gasteiger charge is -2.32. The number of fused-ring (bicyclic) bond motifs is 1. The number of rotatable bonds is 4. The molecule has 0 aliphatic carbocycles. The van der Waals surface area contributed by atoms with Crippen molar-refractivity contribution in [3.05, 3.63) is 64.4 Å². The standard InChI is InChI=1S/C22H25N3O2/c1-3-18-14-24(12-13-27-18)15-25-22(26)20-7-5-4-6-19(20)21(23-25)17-10-8-16(2)9-11-17/h4-11,18H,3,12-15H2,1-2H3/t18-/m1/s1. The maximum Gasteiger partial charge on any atom is 0.275 e. The van der Waals surface area contributed by atoms with Crippen molar-refractivity contribution in [1.29, 1.82) is 0 Å². The largest absolute Gasteiger partial charge is 0.376 e. The third kappa shape index (κ3) is 3.66. The second-order valence-electron chi connectivity index (χ2n) is 7.18. The van der Waals surface area contributed by atoms with Crippen LogP contribution < -0.4 is 5.56 Å². The van der Waals surface area contributed by atoms with E-state index in [0.29, 0.717) is 18.7 Å². The topological polar surface area (TPSA) is 47.4 Å². The van der Waals surface area contributed by atoms with Crippen molar-refractivity contribution in [3.63, 3.8) is 0 Å². The Kier molecular flexibility index (Phi) is 5.05. The van der Waals surface area contributed by atoms with Crippen LogP contribution in [0, 0.1) is 6.92 Å². The average molecular weight is 363 g/mol. The van der Waals surface area contributed by atoms with Gasteiger partial charge >= 0.3 is 0 Å². The molecule has 27 heavy (non-hydrogen) atoms. The smallest absolute Gasteiger partial charge is 0.275 e. The lowest BCUT2D eigenvalue weighted by Crippen LogP contribution is -2.44. The zero-order chi connectivity index (χ0) is 18.8. The molecule has 1 fully saturated rings. The van der Waals surface area contributed by atoms with Crippen LogP contribution in [0.25, 0.3) is 22.0 Å². The van der Waals surface area contributed by atoms with E-state index in [-0.39, 0.29) is 11.7 Å². The van der Waals surface area contributed by atoms with Crippen molar-refractivity contribution in [2.24, 2.45) is 0 Å². The number of ether oxygens (including phenoxy) is 1. The Hall–Kier alpha value is -2.50. The van der Waals surface area contributed by atoms with Crippen molar-refractivity contribution in [1.82, 2.24) is 14.7 Å². The summed E-state index contributed by atoms with van der Waals surface area (Å²) in [6.45, 7) is 7.03. The third-order valence-corrected chi connectivity index (χ3v) is 5.20. The Morgan fingerprint density at radius 3 is 2.59 bits per heavy atom. The fourth-order valence-electron chi connectivity index (χ4n) is 3.60. The average Bonchev–Trinajstić information content (AvgIpc) is 2.71. The molecular weight excluding hydrogens is 338 g/mol. The van der Waals surface area contributed by atoms with Gasteiger partial charge in [0.25, 0.3) is 5.56 Å². The van der Waals surface area contributed by atoms with Crippen molar-refractivity contribution >= 4 is 10.8 Å². The predicted molar refractivity (Wildman–Crippen MR) is 108 cm³/mol. The maximum atomic E-state index is 13.0. The lowest BCUT2D eigenvalue weighted by atomic mass is 10.0. The van der Waals surface area contributed by atoms with Crippen LogP contribution in [0.15, 0.2) is 53.3 Å². The fourth-order valence-corrected chi connectivity index (χ4v) is 3.60. The molecule has 5 heteroatoms. The van der Waals surface area contributed by atoms with E-state index in [0.717, 1.165) is 36.2 Å². The molecule has 1 atom stereocenters. The zero-order valence-corrected chi connectivity index (χ0v) is 15.9. The molecule has 4 rings (SSSR count). The SMILES string of the molecule is CC[C@@H]1CN(Cn2nc(-c3ccc(C)cc3)c3ccccc3c2=O)CCO1. The van der Waals surface area contributed by atoms with Crippen LogP contribution in [-0.4, -0.2) is 40.5 Å². The summed E-state index contributed by atoms with van der Waals surface area (Å²) in [5.41, 5.74) is 3.04. The third-order valence-electron chi connectivity index (χ3n) is 5.20. The second kappa shape index (κ2) is 7.62. The first-order valence-electron chi connectivity index (χ1n) is 9.56. The van der Waals surface area contributed by atoms with Crippen LogP contribution in [0.3, 0.4) is 0 Å². The van der Waals surface area contributed by atoms with Gasteiger partial charge in [0.1, 0.15) is 0 Å². The number of nitrogens with zero attached hydrogens (tertiary/aromatic N) is 3. The molecule has 1 aromatic heterocycles. The molecule has 0 unspecified atom stereocenters. The normalized spacial score (nSPS) is 18.1. The molecule has 0 saturated carbocycles. The first-order chi connectivity index (χ1) is 13.2. The van der Waals surface area contributed by atoms with Crippen LogP contribution in [0.2, 0.25) is 0 Å². The van der Waals surface area contributed by atoms with E-state index in [9.17, 15) is 4.79 Å². The summed E-state index contributed by atoms with van der Waals surface area (Å²) in [6.07, 6.45) is 1.21. The quantitative estimate of drug-likeness (QED) is 0.712. The summed E-state index contributed by atoms with van der Waals surface area (Å²) in [5, 5.41) is 6.38. The first-order valence-corrected chi connectivity index (χ1v) is 9.56. The fraction of sp³-hybridized carbons (Fsp3) is 0.364. The number of aryl methyl sites for hydroxylation is 1. The van der Waals surface area contributed by atoms with Crippen LogP contribution in [0.4, 0.5) is 0 Å². The minimum atomic E-state index is -0.0407. The monoisotopic (exact) mass is 363 g/mol. The van der Waals surface area contributed by atoms with Gasteiger partial charge in [-0.25, -0.2) is 4.68 Å². The van der Waals surface area contributed by atoms with E-state index in [2.05, 4.69) is 43.0 Å². The van der Waals surface area contributed by atoms with Gasteiger partial charge < -0.3 is 4.74 Å².